The van der Waals surface area contributed by atoms with E-state index in [1.807, 2.05) is 12.1 Å². The number of hydrogen-bond acceptors (Lipinski definition) is 4. The van der Waals surface area contributed by atoms with Crippen LogP contribution in [0.2, 0.25) is 0 Å². The van der Waals surface area contributed by atoms with Crippen molar-refractivity contribution in [2.24, 2.45) is 0 Å². The molecule has 1 amide bonds. The molecule has 144 valence electrons. The highest BCUT2D eigenvalue weighted by Gasteiger charge is 2.22. The Morgan fingerprint density at radius 1 is 1.26 bits per heavy atom. The number of anilines is 1. The molecule has 0 saturated carbocycles. The number of amides is 1. The van der Waals surface area contributed by atoms with E-state index in [1.165, 1.54) is 18.6 Å². The summed E-state index contributed by atoms with van der Waals surface area (Å²) in [6.45, 7) is 1.54. The van der Waals surface area contributed by atoms with Crippen molar-refractivity contribution in [2.45, 2.75) is 44.7 Å². The minimum atomic E-state index is -0.336. The molecule has 1 aliphatic rings. The Balaban J connectivity index is 1.53. The van der Waals surface area contributed by atoms with Crippen LogP contribution in [0.25, 0.3) is 0 Å². The molecule has 0 spiro atoms. The quantitative estimate of drug-likeness (QED) is 0.786. The lowest BCUT2D eigenvalue weighted by Gasteiger charge is -2.36. The molecular formula is C21H26FN3O2. The maximum Gasteiger partial charge on any atom is 0.224 e. The van der Waals surface area contributed by atoms with Gasteiger partial charge in [-0.25, -0.2) is 9.37 Å². The van der Waals surface area contributed by atoms with Gasteiger partial charge in [0.1, 0.15) is 11.6 Å². The topological polar surface area (TPSA) is 65.5 Å². The zero-order valence-corrected chi connectivity index (χ0v) is 15.4. The summed E-state index contributed by atoms with van der Waals surface area (Å²) in [7, 11) is 0. The van der Waals surface area contributed by atoms with Gasteiger partial charge in [0, 0.05) is 31.9 Å². The first kappa shape index (κ1) is 19.3. The maximum absolute atomic E-state index is 13.2. The highest BCUT2D eigenvalue weighted by Crippen LogP contribution is 2.25. The van der Waals surface area contributed by atoms with Gasteiger partial charge in [0.05, 0.1) is 6.42 Å². The number of hydrogen-bond donors (Lipinski definition) is 2. The molecule has 1 fully saturated rings. The van der Waals surface area contributed by atoms with Crippen molar-refractivity contribution in [3.63, 3.8) is 0 Å². The minimum absolute atomic E-state index is 0.149. The van der Waals surface area contributed by atoms with Gasteiger partial charge in [-0.1, -0.05) is 18.2 Å². The number of aliphatic hydroxyl groups excluding tert-OH is 1. The number of benzene rings is 1. The molecule has 27 heavy (non-hydrogen) atoms. The van der Waals surface area contributed by atoms with Gasteiger partial charge in [-0.05, 0) is 55.0 Å². The summed E-state index contributed by atoms with van der Waals surface area (Å²) in [5.74, 6) is 0.434. The summed E-state index contributed by atoms with van der Waals surface area (Å²) in [6, 6.07) is 10.4. The van der Waals surface area contributed by atoms with Crippen molar-refractivity contribution >= 4 is 11.7 Å². The van der Waals surface area contributed by atoms with Gasteiger partial charge >= 0.3 is 0 Å². The summed E-state index contributed by atoms with van der Waals surface area (Å²) in [5.41, 5.74) is 1.57. The Morgan fingerprint density at radius 3 is 2.89 bits per heavy atom. The maximum atomic E-state index is 13.2. The molecule has 1 aromatic carbocycles. The van der Waals surface area contributed by atoms with Crippen LogP contribution in [0.1, 0.15) is 36.8 Å². The standard InChI is InChI=1S/C21H26FN3O2/c22-18-5-3-4-16(12-18)13-21(27)24-15-17-7-8-20(23-14-17)25-10-2-1-6-19(25)9-11-26/h3-5,7-8,12,14,19,26H,1-2,6,9-11,13,15H2,(H,24,27)/t19-/m1/s1. The smallest absolute Gasteiger partial charge is 0.224 e. The summed E-state index contributed by atoms with van der Waals surface area (Å²) in [5, 5.41) is 12.1. The zero-order chi connectivity index (χ0) is 19.1. The predicted octanol–water partition coefficient (Wildman–Crippen LogP) is 2.82. The number of piperidine rings is 1. The molecule has 2 heterocycles. The third-order valence-electron chi connectivity index (χ3n) is 4.94. The summed E-state index contributed by atoms with van der Waals surface area (Å²) in [6.07, 6.45) is 6.11. The van der Waals surface area contributed by atoms with Crippen LogP contribution in [-0.2, 0) is 17.8 Å². The number of carbonyl (C=O) groups excluding carboxylic acids is 1. The predicted molar refractivity (Wildman–Crippen MR) is 103 cm³/mol. The van der Waals surface area contributed by atoms with Crippen molar-refractivity contribution < 1.29 is 14.3 Å². The van der Waals surface area contributed by atoms with Crippen LogP contribution < -0.4 is 10.2 Å². The number of nitrogens with zero attached hydrogens (tertiary/aromatic N) is 2. The number of carbonyl (C=O) groups is 1. The fourth-order valence-electron chi connectivity index (χ4n) is 3.54. The first-order valence-corrected chi connectivity index (χ1v) is 9.49. The molecule has 3 rings (SSSR count). The number of rotatable bonds is 7. The lowest BCUT2D eigenvalue weighted by molar-refractivity contribution is -0.120. The number of pyridine rings is 1. The second-order valence-electron chi connectivity index (χ2n) is 6.96. The van der Waals surface area contributed by atoms with Crippen LogP contribution in [0.15, 0.2) is 42.6 Å². The molecule has 0 bridgehead atoms. The van der Waals surface area contributed by atoms with Crippen LogP contribution in [0.5, 0.6) is 0 Å². The fraction of sp³-hybridized carbons (Fsp3) is 0.429. The van der Waals surface area contributed by atoms with Crippen molar-refractivity contribution in [3.8, 4) is 0 Å². The number of nitrogens with one attached hydrogen (secondary N) is 1. The third-order valence-corrected chi connectivity index (χ3v) is 4.94. The van der Waals surface area contributed by atoms with Crippen LogP contribution >= 0.6 is 0 Å². The van der Waals surface area contributed by atoms with Crippen molar-refractivity contribution in [3.05, 3.63) is 59.5 Å². The molecule has 5 nitrogen and oxygen atoms in total. The van der Waals surface area contributed by atoms with Gasteiger partial charge < -0.3 is 15.3 Å². The van der Waals surface area contributed by atoms with Crippen LogP contribution in [0.3, 0.4) is 0 Å². The number of halogens is 1. The van der Waals surface area contributed by atoms with E-state index in [1.54, 1.807) is 18.3 Å². The molecule has 0 radical (unpaired) electrons. The molecule has 6 heteroatoms. The molecule has 2 N–H and O–H groups in total. The highest BCUT2D eigenvalue weighted by molar-refractivity contribution is 5.78. The number of aromatic nitrogens is 1. The largest absolute Gasteiger partial charge is 0.396 e. The third kappa shape index (κ3) is 5.50. The zero-order valence-electron chi connectivity index (χ0n) is 15.4. The molecule has 1 saturated heterocycles. The van der Waals surface area contributed by atoms with E-state index in [2.05, 4.69) is 15.2 Å². The lowest BCUT2D eigenvalue weighted by atomic mass is 9.99. The second kappa shape index (κ2) is 9.46. The van der Waals surface area contributed by atoms with Crippen molar-refractivity contribution in [1.82, 2.24) is 10.3 Å². The molecule has 1 atom stereocenters. The van der Waals surface area contributed by atoms with E-state index < -0.39 is 0 Å². The Kier molecular flexibility index (Phi) is 6.76. The minimum Gasteiger partial charge on any atom is -0.396 e. The van der Waals surface area contributed by atoms with Crippen molar-refractivity contribution in [2.75, 3.05) is 18.1 Å². The molecular weight excluding hydrogens is 345 g/mol. The molecule has 1 aromatic heterocycles. The van der Waals surface area contributed by atoms with Crippen LogP contribution in [0, 0.1) is 5.82 Å². The molecule has 0 aliphatic carbocycles. The molecule has 1 aliphatic heterocycles. The van der Waals surface area contributed by atoms with Gasteiger partial charge in [0.25, 0.3) is 0 Å². The van der Waals surface area contributed by atoms with Gasteiger partial charge in [0.2, 0.25) is 5.91 Å². The number of aliphatic hydroxyl groups is 1. The molecule has 2 aromatic rings. The van der Waals surface area contributed by atoms with Gasteiger partial charge in [0.15, 0.2) is 0 Å². The van der Waals surface area contributed by atoms with Gasteiger partial charge in [-0.3, -0.25) is 4.79 Å². The van der Waals surface area contributed by atoms with Crippen molar-refractivity contribution in [1.29, 1.82) is 0 Å². The average Bonchev–Trinajstić information content (AvgIpc) is 2.68. The Hall–Kier alpha value is -2.47. The van der Waals surface area contributed by atoms with E-state index in [0.717, 1.165) is 37.2 Å². The monoisotopic (exact) mass is 371 g/mol. The first-order valence-electron chi connectivity index (χ1n) is 9.49. The van der Waals surface area contributed by atoms with E-state index in [-0.39, 0.29) is 24.8 Å². The van der Waals surface area contributed by atoms with Crippen LogP contribution in [-0.4, -0.2) is 35.2 Å². The van der Waals surface area contributed by atoms with E-state index in [0.29, 0.717) is 18.2 Å². The van der Waals surface area contributed by atoms with E-state index in [4.69, 9.17) is 0 Å². The van der Waals surface area contributed by atoms with E-state index in [9.17, 15) is 14.3 Å². The normalized spacial score (nSPS) is 17.0. The van der Waals surface area contributed by atoms with Crippen LogP contribution in [0.4, 0.5) is 10.2 Å². The Morgan fingerprint density at radius 2 is 2.15 bits per heavy atom. The first-order chi connectivity index (χ1) is 13.2. The molecule has 0 unspecified atom stereocenters. The highest BCUT2D eigenvalue weighted by atomic mass is 19.1. The fourth-order valence-corrected chi connectivity index (χ4v) is 3.54. The summed E-state index contributed by atoms with van der Waals surface area (Å²) >= 11 is 0. The lowest BCUT2D eigenvalue weighted by Crippen LogP contribution is -2.40. The average molecular weight is 371 g/mol. The Bertz CT molecular complexity index is 749. The SMILES string of the molecule is O=C(Cc1cccc(F)c1)NCc1ccc(N2CCCC[C@@H]2CCO)nc1. The van der Waals surface area contributed by atoms with Gasteiger partial charge in [-0.15, -0.1) is 0 Å². The van der Waals surface area contributed by atoms with Gasteiger partial charge in [-0.2, -0.15) is 0 Å². The summed E-state index contributed by atoms with van der Waals surface area (Å²) < 4.78 is 13.2. The summed E-state index contributed by atoms with van der Waals surface area (Å²) in [4.78, 5) is 18.9. The Labute approximate surface area is 159 Å². The van der Waals surface area contributed by atoms with E-state index >= 15 is 0 Å². The second-order valence-corrected chi connectivity index (χ2v) is 6.96.